The molecule has 0 spiro atoms. The minimum atomic E-state index is -0.535. The Balaban J connectivity index is 1.47. The predicted octanol–water partition coefficient (Wildman–Crippen LogP) is 0.712. The first-order chi connectivity index (χ1) is 12.1. The van der Waals surface area contributed by atoms with Crippen LogP contribution >= 0.6 is 0 Å². The summed E-state index contributed by atoms with van der Waals surface area (Å²) in [6.07, 6.45) is 4.31. The summed E-state index contributed by atoms with van der Waals surface area (Å²) >= 11 is 0. The third-order valence-electron chi connectivity index (χ3n) is 5.22. The van der Waals surface area contributed by atoms with E-state index in [9.17, 15) is 9.90 Å². The maximum absolute atomic E-state index is 12.9. The number of fused-ring (bicyclic) bond motifs is 1. The molecule has 1 saturated heterocycles. The first kappa shape index (κ1) is 16.3. The number of carbonyl (C=O) groups is 1. The zero-order valence-electron chi connectivity index (χ0n) is 14.5. The van der Waals surface area contributed by atoms with Gasteiger partial charge in [-0.2, -0.15) is 5.10 Å². The minimum Gasteiger partial charge on any atom is -0.391 e. The third-order valence-corrected chi connectivity index (χ3v) is 5.22. The molecule has 134 valence electrons. The average Bonchev–Trinajstić information content (AvgIpc) is 3.23. The van der Waals surface area contributed by atoms with E-state index in [2.05, 4.69) is 20.4 Å². The lowest BCUT2D eigenvalue weighted by Crippen LogP contribution is -2.32. The van der Waals surface area contributed by atoms with Gasteiger partial charge in [-0.05, 0) is 32.3 Å². The predicted molar refractivity (Wildman–Crippen MR) is 90.0 cm³/mol. The maximum Gasteiger partial charge on any atom is 0.291 e. The smallest absolute Gasteiger partial charge is 0.291 e. The molecule has 1 amide bonds. The number of rotatable bonds is 3. The van der Waals surface area contributed by atoms with Gasteiger partial charge in [0.1, 0.15) is 5.82 Å². The molecule has 0 unspecified atom stereocenters. The van der Waals surface area contributed by atoms with Gasteiger partial charge in [0.25, 0.3) is 5.91 Å². The monoisotopic (exact) mass is 344 g/mol. The fraction of sp³-hybridized carbons (Fsp3) is 0.647. The van der Waals surface area contributed by atoms with Crippen LogP contribution in [0.4, 0.5) is 0 Å². The van der Waals surface area contributed by atoms with Crippen LogP contribution < -0.4 is 0 Å². The number of hydrogen-bond donors (Lipinski definition) is 2. The number of aliphatic hydroxyl groups is 1. The summed E-state index contributed by atoms with van der Waals surface area (Å²) < 4.78 is 1.96. The molecule has 2 aliphatic rings. The van der Waals surface area contributed by atoms with Crippen molar-refractivity contribution in [3.63, 3.8) is 0 Å². The average molecular weight is 344 g/mol. The van der Waals surface area contributed by atoms with Crippen LogP contribution in [0.5, 0.6) is 0 Å². The van der Waals surface area contributed by atoms with E-state index in [-0.39, 0.29) is 11.8 Å². The van der Waals surface area contributed by atoms with Gasteiger partial charge in [0.2, 0.25) is 5.82 Å². The standard InChI is InChI=1S/C17H24N6O2/c1-11-7-13(19-18-11)8-12-9-22(10-14(12)24)17(25)16-21-20-15-5-3-2-4-6-23(15)16/h7,12,14,24H,2-6,8-10H2,1H3,(H,18,19)/t12-,14-/m1/s1. The summed E-state index contributed by atoms with van der Waals surface area (Å²) in [6.45, 7) is 3.62. The molecule has 0 aliphatic carbocycles. The fourth-order valence-corrected chi connectivity index (χ4v) is 3.85. The zero-order chi connectivity index (χ0) is 17.4. The maximum atomic E-state index is 12.9. The molecule has 4 heterocycles. The molecule has 2 atom stereocenters. The first-order valence-electron chi connectivity index (χ1n) is 9.02. The van der Waals surface area contributed by atoms with E-state index in [1.807, 2.05) is 17.6 Å². The second-order valence-corrected chi connectivity index (χ2v) is 7.19. The topological polar surface area (TPSA) is 99.9 Å². The quantitative estimate of drug-likeness (QED) is 0.854. The van der Waals surface area contributed by atoms with Gasteiger partial charge >= 0.3 is 0 Å². The molecular formula is C17H24N6O2. The SMILES string of the molecule is Cc1cc(C[C@@H]2CN(C(=O)c3nnc4n3CCCCC4)C[C@H]2O)n[nH]1. The number of aromatic amines is 1. The Labute approximate surface area is 146 Å². The van der Waals surface area contributed by atoms with E-state index in [1.54, 1.807) is 4.90 Å². The molecular weight excluding hydrogens is 320 g/mol. The lowest BCUT2D eigenvalue weighted by molar-refractivity contribution is 0.0747. The summed E-state index contributed by atoms with van der Waals surface area (Å²) in [5.74, 6) is 1.20. The number of hydrogen-bond acceptors (Lipinski definition) is 5. The number of carbonyl (C=O) groups excluding carboxylic acids is 1. The summed E-state index contributed by atoms with van der Waals surface area (Å²) in [5, 5.41) is 25.9. The molecule has 0 bridgehead atoms. The third kappa shape index (κ3) is 3.18. The lowest BCUT2D eigenvalue weighted by Gasteiger charge is -2.16. The van der Waals surface area contributed by atoms with Crippen LogP contribution in [0.25, 0.3) is 0 Å². The van der Waals surface area contributed by atoms with E-state index in [4.69, 9.17) is 0 Å². The molecule has 0 saturated carbocycles. The zero-order valence-corrected chi connectivity index (χ0v) is 14.5. The van der Waals surface area contributed by atoms with Crippen LogP contribution in [-0.4, -0.2) is 60.1 Å². The fourth-order valence-electron chi connectivity index (χ4n) is 3.85. The van der Waals surface area contributed by atoms with E-state index in [1.165, 1.54) is 0 Å². The molecule has 8 heteroatoms. The van der Waals surface area contributed by atoms with Gasteiger partial charge < -0.3 is 14.6 Å². The van der Waals surface area contributed by atoms with Gasteiger partial charge in [0.15, 0.2) is 0 Å². The van der Waals surface area contributed by atoms with Crippen LogP contribution in [0.1, 0.15) is 47.1 Å². The minimum absolute atomic E-state index is 0.00169. The second kappa shape index (κ2) is 6.59. The number of amides is 1. The molecule has 0 aromatic carbocycles. The van der Waals surface area contributed by atoms with Gasteiger partial charge in [-0.15, -0.1) is 10.2 Å². The molecule has 2 aliphatic heterocycles. The molecule has 2 aromatic heterocycles. The largest absolute Gasteiger partial charge is 0.391 e. The number of nitrogens with zero attached hydrogens (tertiary/aromatic N) is 5. The van der Waals surface area contributed by atoms with Crippen molar-refractivity contribution >= 4 is 5.91 Å². The lowest BCUT2D eigenvalue weighted by atomic mass is 10.0. The van der Waals surface area contributed by atoms with Gasteiger partial charge in [-0.1, -0.05) is 6.42 Å². The highest BCUT2D eigenvalue weighted by atomic mass is 16.3. The van der Waals surface area contributed by atoms with Crippen molar-refractivity contribution in [2.45, 2.75) is 51.7 Å². The number of aromatic nitrogens is 5. The van der Waals surface area contributed by atoms with Gasteiger partial charge in [-0.25, -0.2) is 0 Å². The summed E-state index contributed by atoms with van der Waals surface area (Å²) in [7, 11) is 0. The first-order valence-corrected chi connectivity index (χ1v) is 9.02. The second-order valence-electron chi connectivity index (χ2n) is 7.19. The van der Waals surface area contributed by atoms with Gasteiger partial charge in [0, 0.05) is 37.7 Å². The van der Waals surface area contributed by atoms with Crippen molar-refractivity contribution in [1.82, 2.24) is 29.9 Å². The van der Waals surface area contributed by atoms with Crippen LogP contribution in [0, 0.1) is 12.8 Å². The number of likely N-dealkylation sites (tertiary alicyclic amines) is 1. The normalized spacial score (nSPS) is 23.5. The van der Waals surface area contributed by atoms with Crippen LogP contribution in [0.15, 0.2) is 6.07 Å². The molecule has 2 aromatic rings. The Morgan fingerprint density at radius 3 is 3.00 bits per heavy atom. The van der Waals surface area contributed by atoms with Crippen LogP contribution in [-0.2, 0) is 19.4 Å². The Morgan fingerprint density at radius 2 is 2.20 bits per heavy atom. The Hall–Kier alpha value is -2.22. The van der Waals surface area contributed by atoms with Crippen LogP contribution in [0.3, 0.4) is 0 Å². The van der Waals surface area contributed by atoms with E-state index in [0.717, 1.165) is 49.4 Å². The number of aliphatic hydroxyl groups excluding tert-OH is 1. The molecule has 2 N–H and O–H groups in total. The highest BCUT2D eigenvalue weighted by Crippen LogP contribution is 2.23. The van der Waals surface area contributed by atoms with Crippen molar-refractivity contribution in [3.05, 3.63) is 29.1 Å². The number of aryl methyl sites for hydroxylation is 2. The Bertz CT molecular complexity index is 767. The molecule has 25 heavy (non-hydrogen) atoms. The van der Waals surface area contributed by atoms with Crippen molar-refractivity contribution in [1.29, 1.82) is 0 Å². The summed E-state index contributed by atoms with van der Waals surface area (Å²) in [5.41, 5.74) is 1.92. The number of H-pyrrole nitrogens is 1. The van der Waals surface area contributed by atoms with E-state index in [0.29, 0.717) is 25.3 Å². The van der Waals surface area contributed by atoms with Gasteiger partial charge in [-0.3, -0.25) is 9.89 Å². The molecule has 1 fully saturated rings. The van der Waals surface area contributed by atoms with Crippen LogP contribution in [0.2, 0.25) is 0 Å². The highest BCUT2D eigenvalue weighted by molar-refractivity contribution is 5.91. The highest BCUT2D eigenvalue weighted by Gasteiger charge is 2.36. The van der Waals surface area contributed by atoms with Crippen molar-refractivity contribution < 1.29 is 9.90 Å². The molecule has 8 nitrogen and oxygen atoms in total. The number of nitrogens with one attached hydrogen (secondary N) is 1. The molecule has 4 rings (SSSR count). The number of β-amino-alcohol motifs (C(OH)–C–C–N with tert-alkyl or cyclic N) is 1. The van der Waals surface area contributed by atoms with Gasteiger partial charge in [0.05, 0.1) is 11.8 Å². The van der Waals surface area contributed by atoms with E-state index < -0.39 is 6.10 Å². The summed E-state index contributed by atoms with van der Waals surface area (Å²) in [4.78, 5) is 14.6. The Morgan fingerprint density at radius 1 is 1.32 bits per heavy atom. The van der Waals surface area contributed by atoms with Crippen molar-refractivity contribution in [2.24, 2.45) is 5.92 Å². The van der Waals surface area contributed by atoms with Crippen molar-refractivity contribution in [3.8, 4) is 0 Å². The van der Waals surface area contributed by atoms with E-state index >= 15 is 0 Å². The molecule has 0 radical (unpaired) electrons. The van der Waals surface area contributed by atoms with Crippen molar-refractivity contribution in [2.75, 3.05) is 13.1 Å². The summed E-state index contributed by atoms with van der Waals surface area (Å²) in [6, 6.07) is 1.98. The Kier molecular flexibility index (Phi) is 4.29.